The number of rotatable bonds is 7. The summed E-state index contributed by atoms with van der Waals surface area (Å²) in [5, 5.41) is 11.7. The minimum absolute atomic E-state index is 0.340. The number of unbranched alkanes of at least 4 members (excludes halogenated alkanes) is 1. The van der Waals surface area contributed by atoms with E-state index in [0.29, 0.717) is 6.54 Å². The van der Waals surface area contributed by atoms with Gasteiger partial charge in [0, 0.05) is 23.9 Å². The number of thioether (sulfide) groups is 1. The Morgan fingerprint density at radius 3 is 3.00 bits per heavy atom. The van der Waals surface area contributed by atoms with E-state index in [1.807, 2.05) is 11.6 Å². The molecule has 0 fully saturated rings. The number of hydrogen-bond donors (Lipinski definition) is 2. The zero-order valence-corrected chi connectivity index (χ0v) is 10.6. The summed E-state index contributed by atoms with van der Waals surface area (Å²) in [6.45, 7) is 2.13. The van der Waals surface area contributed by atoms with E-state index < -0.39 is 5.60 Å². The van der Waals surface area contributed by atoms with E-state index in [0.717, 1.165) is 29.4 Å². The molecular formula is C10H18N2OS2. The molecule has 0 bridgehead atoms. The maximum absolute atomic E-state index is 9.66. The Labute approximate surface area is 99.1 Å². The molecule has 86 valence electrons. The van der Waals surface area contributed by atoms with Gasteiger partial charge in [-0.3, -0.25) is 0 Å². The second-order valence-corrected chi connectivity index (χ2v) is 6.04. The first kappa shape index (κ1) is 13.0. The van der Waals surface area contributed by atoms with Gasteiger partial charge in [0.05, 0.1) is 5.60 Å². The lowest BCUT2D eigenvalue weighted by molar-refractivity contribution is 0.0577. The summed E-state index contributed by atoms with van der Waals surface area (Å²) < 4.78 is 1.13. The molecule has 0 aliphatic heterocycles. The molecule has 0 radical (unpaired) electrons. The highest BCUT2D eigenvalue weighted by atomic mass is 32.2. The smallest absolute Gasteiger partial charge is 0.149 e. The predicted molar refractivity (Wildman–Crippen MR) is 66.4 cm³/mol. The van der Waals surface area contributed by atoms with Gasteiger partial charge in [-0.2, -0.15) is 0 Å². The lowest BCUT2D eigenvalue weighted by Gasteiger charge is -2.20. The van der Waals surface area contributed by atoms with Crippen molar-refractivity contribution in [1.29, 1.82) is 0 Å². The fraction of sp³-hybridized carbons (Fsp3) is 0.700. The van der Waals surface area contributed by atoms with Crippen LogP contribution in [0.25, 0.3) is 0 Å². The molecule has 1 aromatic rings. The van der Waals surface area contributed by atoms with Crippen LogP contribution >= 0.6 is 23.1 Å². The number of nitrogens with two attached hydrogens (primary N) is 1. The summed E-state index contributed by atoms with van der Waals surface area (Å²) in [5.74, 6) is 1.06. The highest BCUT2D eigenvalue weighted by molar-refractivity contribution is 8.00. The Morgan fingerprint density at radius 1 is 1.60 bits per heavy atom. The van der Waals surface area contributed by atoms with Crippen LogP contribution in [-0.4, -0.2) is 28.0 Å². The summed E-state index contributed by atoms with van der Waals surface area (Å²) in [7, 11) is 0. The van der Waals surface area contributed by atoms with Crippen molar-refractivity contribution in [3.05, 3.63) is 11.6 Å². The molecule has 0 aliphatic rings. The van der Waals surface area contributed by atoms with Crippen LogP contribution in [0.15, 0.2) is 15.9 Å². The van der Waals surface area contributed by atoms with E-state index in [2.05, 4.69) is 4.98 Å². The molecule has 1 rings (SSSR count). The van der Waals surface area contributed by atoms with Gasteiger partial charge in [-0.1, -0.05) is 11.8 Å². The van der Waals surface area contributed by atoms with Crippen molar-refractivity contribution in [1.82, 2.24) is 4.98 Å². The summed E-state index contributed by atoms with van der Waals surface area (Å²) in [4.78, 5) is 4.19. The van der Waals surface area contributed by atoms with Crippen LogP contribution in [0.1, 0.15) is 26.2 Å². The largest absolute Gasteiger partial charge is 0.389 e. The Balaban J connectivity index is 2.03. The van der Waals surface area contributed by atoms with Crippen LogP contribution in [0.4, 0.5) is 0 Å². The third kappa shape index (κ3) is 5.51. The van der Waals surface area contributed by atoms with Crippen molar-refractivity contribution in [2.24, 2.45) is 5.73 Å². The van der Waals surface area contributed by atoms with Gasteiger partial charge in [-0.05, 0) is 26.2 Å². The molecule has 1 atom stereocenters. The van der Waals surface area contributed by atoms with Gasteiger partial charge in [-0.25, -0.2) is 4.98 Å². The first-order chi connectivity index (χ1) is 7.14. The molecule has 1 aromatic heterocycles. The molecule has 0 spiro atoms. The summed E-state index contributed by atoms with van der Waals surface area (Å²) in [6.07, 6.45) is 4.72. The first-order valence-corrected chi connectivity index (χ1v) is 6.95. The van der Waals surface area contributed by atoms with Gasteiger partial charge in [0.25, 0.3) is 0 Å². The maximum atomic E-state index is 9.66. The topological polar surface area (TPSA) is 59.1 Å². The van der Waals surface area contributed by atoms with Crippen LogP contribution in [0.5, 0.6) is 0 Å². The predicted octanol–water partition coefficient (Wildman–Crippen LogP) is 2.12. The van der Waals surface area contributed by atoms with Crippen LogP contribution < -0.4 is 5.73 Å². The Morgan fingerprint density at radius 2 is 2.40 bits per heavy atom. The second-order valence-electron chi connectivity index (χ2n) is 3.80. The van der Waals surface area contributed by atoms with E-state index in [1.54, 1.807) is 30.0 Å². The summed E-state index contributed by atoms with van der Waals surface area (Å²) >= 11 is 3.45. The Kier molecular flexibility index (Phi) is 5.60. The minimum Gasteiger partial charge on any atom is -0.389 e. The van der Waals surface area contributed by atoms with Crippen LogP contribution in [0.3, 0.4) is 0 Å². The van der Waals surface area contributed by atoms with E-state index in [9.17, 15) is 5.11 Å². The Hall–Kier alpha value is -0.100. The van der Waals surface area contributed by atoms with E-state index in [-0.39, 0.29) is 0 Å². The summed E-state index contributed by atoms with van der Waals surface area (Å²) in [6, 6.07) is 0. The van der Waals surface area contributed by atoms with Gasteiger partial charge >= 0.3 is 0 Å². The molecule has 1 heterocycles. The molecule has 15 heavy (non-hydrogen) atoms. The summed E-state index contributed by atoms with van der Waals surface area (Å²) in [5.41, 5.74) is 4.75. The molecule has 0 amide bonds. The number of aromatic nitrogens is 1. The van der Waals surface area contributed by atoms with Gasteiger partial charge in [-0.15, -0.1) is 11.3 Å². The molecule has 0 saturated carbocycles. The zero-order chi connectivity index (χ0) is 11.1. The quantitative estimate of drug-likeness (QED) is 0.571. The number of hydrogen-bond acceptors (Lipinski definition) is 5. The third-order valence-electron chi connectivity index (χ3n) is 2.18. The van der Waals surface area contributed by atoms with E-state index >= 15 is 0 Å². The maximum Gasteiger partial charge on any atom is 0.149 e. The highest BCUT2D eigenvalue weighted by Crippen LogP contribution is 2.22. The lowest BCUT2D eigenvalue weighted by atomic mass is 10.00. The van der Waals surface area contributed by atoms with Gasteiger partial charge in [0.2, 0.25) is 0 Å². The van der Waals surface area contributed by atoms with Crippen molar-refractivity contribution in [3.63, 3.8) is 0 Å². The van der Waals surface area contributed by atoms with Crippen molar-refractivity contribution in [2.75, 3.05) is 12.3 Å². The lowest BCUT2D eigenvalue weighted by Crippen LogP contribution is -2.33. The molecule has 5 heteroatoms. The number of aliphatic hydroxyl groups is 1. The SMILES string of the molecule is CC(O)(CN)CCCCSc1nccs1. The molecule has 0 aliphatic carbocycles. The second kappa shape index (κ2) is 6.48. The normalized spacial score (nSPS) is 15.1. The number of thiazole rings is 1. The molecule has 0 aromatic carbocycles. The van der Waals surface area contributed by atoms with Gasteiger partial charge < -0.3 is 10.8 Å². The van der Waals surface area contributed by atoms with Crippen LogP contribution in [0.2, 0.25) is 0 Å². The van der Waals surface area contributed by atoms with Crippen molar-refractivity contribution in [3.8, 4) is 0 Å². The van der Waals surface area contributed by atoms with Gasteiger partial charge in [0.1, 0.15) is 4.34 Å². The zero-order valence-electron chi connectivity index (χ0n) is 8.98. The van der Waals surface area contributed by atoms with Gasteiger partial charge in [0.15, 0.2) is 0 Å². The molecule has 1 unspecified atom stereocenters. The van der Waals surface area contributed by atoms with Crippen molar-refractivity contribution < 1.29 is 5.11 Å². The third-order valence-corrected chi connectivity index (χ3v) is 4.24. The first-order valence-electron chi connectivity index (χ1n) is 5.09. The minimum atomic E-state index is -0.689. The Bertz CT molecular complexity index is 262. The van der Waals surface area contributed by atoms with Crippen LogP contribution in [-0.2, 0) is 0 Å². The standard InChI is InChI=1S/C10H18N2OS2/c1-10(13,8-11)4-2-3-6-14-9-12-5-7-15-9/h5,7,13H,2-4,6,8,11H2,1H3. The van der Waals surface area contributed by atoms with E-state index in [4.69, 9.17) is 5.73 Å². The van der Waals surface area contributed by atoms with E-state index in [1.165, 1.54) is 0 Å². The highest BCUT2D eigenvalue weighted by Gasteiger charge is 2.16. The fourth-order valence-electron chi connectivity index (χ4n) is 1.15. The van der Waals surface area contributed by atoms with Crippen LogP contribution in [0, 0.1) is 0 Å². The molecule has 3 nitrogen and oxygen atoms in total. The molecular weight excluding hydrogens is 228 g/mol. The number of nitrogens with zero attached hydrogens (tertiary/aromatic N) is 1. The average Bonchev–Trinajstić information content (AvgIpc) is 2.70. The molecule has 0 saturated heterocycles. The fourth-order valence-corrected chi connectivity index (χ4v) is 2.86. The van der Waals surface area contributed by atoms with Crippen molar-refractivity contribution >= 4 is 23.1 Å². The monoisotopic (exact) mass is 246 g/mol. The average molecular weight is 246 g/mol. The van der Waals surface area contributed by atoms with Crippen molar-refractivity contribution in [2.45, 2.75) is 36.1 Å². The molecule has 3 N–H and O–H groups in total.